The molecule has 1 aromatic carbocycles. The van der Waals surface area contributed by atoms with E-state index in [1.54, 1.807) is 0 Å². The minimum Gasteiger partial charge on any atom is -0.396 e. The first-order valence-electron chi connectivity index (χ1n) is 5.16. The highest BCUT2D eigenvalue weighted by Crippen LogP contribution is 2.28. The van der Waals surface area contributed by atoms with E-state index in [0.29, 0.717) is 6.54 Å². The van der Waals surface area contributed by atoms with Gasteiger partial charge in [0.05, 0.1) is 6.61 Å². The summed E-state index contributed by atoms with van der Waals surface area (Å²) in [5, 5.41) is 10.5. The van der Waals surface area contributed by atoms with Crippen LogP contribution >= 0.6 is 0 Å². The number of fused-ring (bicyclic) bond motifs is 1. The van der Waals surface area contributed by atoms with E-state index in [-0.39, 0.29) is 12.5 Å². The summed E-state index contributed by atoms with van der Waals surface area (Å²) in [6.07, 6.45) is 0. The van der Waals surface area contributed by atoms with Gasteiger partial charge in [0.15, 0.2) is 0 Å². The molecule has 2 aromatic rings. The summed E-state index contributed by atoms with van der Waals surface area (Å²) in [6, 6.07) is 8.10. The van der Waals surface area contributed by atoms with Crippen molar-refractivity contribution >= 4 is 10.9 Å². The molecule has 2 rings (SSSR count). The average molecular weight is 204 g/mol. The molecule has 1 heterocycles. The van der Waals surface area contributed by atoms with E-state index in [1.165, 1.54) is 5.39 Å². The standard InChI is InChI=1S/C12H16N2O/c1-8-12(9(6-13)7-15)10-4-2-3-5-11(10)14-8/h2-5,9,14-15H,6-7,13H2,1H3. The number of para-hydroxylation sites is 1. The SMILES string of the molecule is Cc1[nH]c2ccccc2c1C(CN)CO. The Bertz CT molecular complexity index is 458. The van der Waals surface area contributed by atoms with Gasteiger partial charge in [-0.25, -0.2) is 0 Å². The first-order chi connectivity index (χ1) is 7.27. The molecule has 4 N–H and O–H groups in total. The Morgan fingerprint density at radius 2 is 2.13 bits per heavy atom. The Labute approximate surface area is 88.9 Å². The van der Waals surface area contributed by atoms with Crippen molar-refractivity contribution in [1.82, 2.24) is 4.98 Å². The summed E-state index contributed by atoms with van der Waals surface area (Å²) in [5.74, 6) is 0.0288. The number of H-pyrrole nitrogens is 1. The molecule has 80 valence electrons. The zero-order chi connectivity index (χ0) is 10.8. The van der Waals surface area contributed by atoms with Crippen LogP contribution in [0.25, 0.3) is 10.9 Å². The fourth-order valence-electron chi connectivity index (χ4n) is 2.11. The highest BCUT2D eigenvalue weighted by atomic mass is 16.3. The van der Waals surface area contributed by atoms with E-state index in [0.717, 1.165) is 16.8 Å². The third-order valence-corrected chi connectivity index (χ3v) is 2.86. The minimum absolute atomic E-state index is 0.0288. The third kappa shape index (κ3) is 1.64. The number of hydrogen-bond acceptors (Lipinski definition) is 2. The number of hydrogen-bond donors (Lipinski definition) is 3. The molecule has 1 atom stereocenters. The lowest BCUT2D eigenvalue weighted by molar-refractivity contribution is 0.268. The van der Waals surface area contributed by atoms with E-state index in [9.17, 15) is 5.11 Å². The Balaban J connectivity index is 2.62. The van der Waals surface area contributed by atoms with Crippen LogP contribution in [0.1, 0.15) is 17.2 Å². The molecule has 1 unspecified atom stereocenters. The molecule has 0 aliphatic heterocycles. The summed E-state index contributed by atoms with van der Waals surface area (Å²) < 4.78 is 0. The van der Waals surface area contributed by atoms with Gasteiger partial charge in [0.2, 0.25) is 0 Å². The first-order valence-corrected chi connectivity index (χ1v) is 5.16. The van der Waals surface area contributed by atoms with Crippen LogP contribution in [0.5, 0.6) is 0 Å². The lowest BCUT2D eigenvalue weighted by atomic mass is 9.97. The molecule has 0 fully saturated rings. The molecule has 0 spiro atoms. The van der Waals surface area contributed by atoms with E-state index < -0.39 is 0 Å². The lowest BCUT2D eigenvalue weighted by Crippen LogP contribution is -2.16. The number of aromatic nitrogens is 1. The molecule has 0 radical (unpaired) electrons. The number of nitrogens with one attached hydrogen (secondary N) is 1. The average Bonchev–Trinajstić information content (AvgIpc) is 2.58. The van der Waals surface area contributed by atoms with Gasteiger partial charge in [0.1, 0.15) is 0 Å². The first kappa shape index (κ1) is 10.2. The second kappa shape index (κ2) is 4.04. The van der Waals surface area contributed by atoms with E-state index in [2.05, 4.69) is 11.1 Å². The fourth-order valence-corrected chi connectivity index (χ4v) is 2.11. The molecule has 0 saturated heterocycles. The lowest BCUT2D eigenvalue weighted by Gasteiger charge is -2.11. The second-order valence-corrected chi connectivity index (χ2v) is 3.82. The predicted octanol–water partition coefficient (Wildman–Crippen LogP) is 1.51. The summed E-state index contributed by atoms with van der Waals surface area (Å²) >= 11 is 0. The van der Waals surface area contributed by atoms with Crippen molar-refractivity contribution in [1.29, 1.82) is 0 Å². The maximum Gasteiger partial charge on any atom is 0.0512 e. The molecule has 15 heavy (non-hydrogen) atoms. The molecule has 0 bridgehead atoms. The van der Waals surface area contributed by atoms with E-state index >= 15 is 0 Å². The fraction of sp³-hybridized carbons (Fsp3) is 0.333. The number of aliphatic hydroxyl groups is 1. The molecule has 0 saturated carbocycles. The van der Waals surface area contributed by atoms with Crippen LogP contribution in [-0.2, 0) is 0 Å². The van der Waals surface area contributed by atoms with E-state index in [4.69, 9.17) is 5.73 Å². The van der Waals surface area contributed by atoms with Crippen LogP contribution in [0.3, 0.4) is 0 Å². The zero-order valence-corrected chi connectivity index (χ0v) is 8.83. The van der Waals surface area contributed by atoms with Crippen molar-refractivity contribution < 1.29 is 5.11 Å². The van der Waals surface area contributed by atoms with Gasteiger partial charge in [-0.3, -0.25) is 0 Å². The molecular weight excluding hydrogens is 188 g/mol. The number of nitrogens with two attached hydrogens (primary N) is 1. The van der Waals surface area contributed by atoms with Gasteiger partial charge in [0, 0.05) is 29.1 Å². The largest absolute Gasteiger partial charge is 0.396 e. The van der Waals surface area contributed by atoms with Crippen LogP contribution in [0, 0.1) is 6.92 Å². The highest BCUT2D eigenvalue weighted by Gasteiger charge is 2.16. The summed E-state index contributed by atoms with van der Waals surface area (Å²) in [7, 11) is 0. The molecule has 0 aliphatic carbocycles. The second-order valence-electron chi connectivity index (χ2n) is 3.82. The third-order valence-electron chi connectivity index (χ3n) is 2.86. The van der Waals surface area contributed by atoms with Crippen LogP contribution in [-0.4, -0.2) is 23.2 Å². The number of aryl methyl sites for hydroxylation is 1. The topological polar surface area (TPSA) is 62.0 Å². The van der Waals surface area contributed by atoms with Gasteiger partial charge in [-0.2, -0.15) is 0 Å². The highest BCUT2D eigenvalue weighted by molar-refractivity contribution is 5.85. The van der Waals surface area contributed by atoms with Crippen LogP contribution < -0.4 is 5.73 Å². The molecule has 3 heteroatoms. The van der Waals surface area contributed by atoms with Crippen molar-refractivity contribution in [2.45, 2.75) is 12.8 Å². The van der Waals surface area contributed by atoms with Crippen molar-refractivity contribution in [2.24, 2.45) is 5.73 Å². The van der Waals surface area contributed by atoms with Gasteiger partial charge < -0.3 is 15.8 Å². The van der Waals surface area contributed by atoms with Crippen LogP contribution in [0.15, 0.2) is 24.3 Å². The smallest absolute Gasteiger partial charge is 0.0512 e. The van der Waals surface area contributed by atoms with Gasteiger partial charge in [-0.1, -0.05) is 18.2 Å². The maximum atomic E-state index is 9.29. The minimum atomic E-state index is 0.0288. The van der Waals surface area contributed by atoms with Crippen LogP contribution in [0.4, 0.5) is 0 Å². The zero-order valence-electron chi connectivity index (χ0n) is 8.83. The Hall–Kier alpha value is -1.32. The van der Waals surface area contributed by atoms with Gasteiger partial charge >= 0.3 is 0 Å². The number of aromatic amines is 1. The van der Waals surface area contributed by atoms with Crippen molar-refractivity contribution in [2.75, 3.05) is 13.2 Å². The van der Waals surface area contributed by atoms with Crippen molar-refractivity contribution in [3.8, 4) is 0 Å². The van der Waals surface area contributed by atoms with Gasteiger partial charge in [-0.15, -0.1) is 0 Å². The summed E-state index contributed by atoms with van der Waals surface area (Å²) in [6.45, 7) is 2.59. The van der Waals surface area contributed by atoms with Gasteiger partial charge in [0.25, 0.3) is 0 Å². The number of benzene rings is 1. The molecule has 1 aromatic heterocycles. The molecule has 0 amide bonds. The quantitative estimate of drug-likeness (QED) is 0.709. The van der Waals surface area contributed by atoms with Crippen molar-refractivity contribution in [3.05, 3.63) is 35.5 Å². The molecule has 0 aliphatic rings. The number of rotatable bonds is 3. The van der Waals surface area contributed by atoms with Gasteiger partial charge in [-0.05, 0) is 18.6 Å². The maximum absolute atomic E-state index is 9.29. The normalized spacial score (nSPS) is 13.3. The van der Waals surface area contributed by atoms with Crippen LogP contribution in [0.2, 0.25) is 0 Å². The predicted molar refractivity (Wildman–Crippen MR) is 61.9 cm³/mol. The number of aliphatic hydroxyl groups excluding tert-OH is 1. The Morgan fingerprint density at radius 1 is 1.40 bits per heavy atom. The molecule has 3 nitrogen and oxygen atoms in total. The summed E-state index contributed by atoms with van der Waals surface area (Å²) in [5.41, 5.74) is 9.02. The van der Waals surface area contributed by atoms with Crippen molar-refractivity contribution in [3.63, 3.8) is 0 Å². The summed E-state index contributed by atoms with van der Waals surface area (Å²) in [4.78, 5) is 3.31. The monoisotopic (exact) mass is 204 g/mol. The van der Waals surface area contributed by atoms with E-state index in [1.807, 2.05) is 25.1 Å². The molecular formula is C12H16N2O. The Kier molecular flexibility index (Phi) is 2.75. The Morgan fingerprint density at radius 3 is 2.80 bits per heavy atom.